The van der Waals surface area contributed by atoms with Gasteiger partial charge in [0.05, 0.1) is 19.1 Å². The van der Waals surface area contributed by atoms with Gasteiger partial charge < -0.3 is 15.4 Å². The number of nitrogens with one attached hydrogen (secondary N) is 2. The molecule has 2 N–H and O–H groups in total. The summed E-state index contributed by atoms with van der Waals surface area (Å²) in [6, 6.07) is 5.17. The van der Waals surface area contributed by atoms with E-state index in [0.29, 0.717) is 35.8 Å². The number of nitrogens with zero attached hydrogens (tertiary/aromatic N) is 2. The highest BCUT2D eigenvalue weighted by Gasteiger charge is 2.08. The zero-order chi connectivity index (χ0) is 17.7. The van der Waals surface area contributed by atoms with Gasteiger partial charge in [-0.3, -0.25) is 9.36 Å². The minimum absolute atomic E-state index is 0.0925. The van der Waals surface area contributed by atoms with E-state index in [-0.39, 0.29) is 11.6 Å². The van der Waals surface area contributed by atoms with Gasteiger partial charge in [0, 0.05) is 24.3 Å². The smallest absolute Gasteiger partial charge is 0.319 e. The number of carbonyl (C=O) groups is 1. The lowest BCUT2D eigenvalue weighted by atomic mass is 10.2. The molecular formula is C17H22N4O3. The van der Waals surface area contributed by atoms with Crippen LogP contribution in [0.1, 0.15) is 16.8 Å². The number of methoxy groups -OCH3 is 1. The first-order valence-electron chi connectivity index (χ1n) is 7.64. The number of benzene rings is 1. The van der Waals surface area contributed by atoms with Crippen LogP contribution in [0.25, 0.3) is 0 Å². The maximum atomic E-state index is 12.1. The van der Waals surface area contributed by atoms with Crippen molar-refractivity contribution in [3.8, 4) is 5.75 Å². The zero-order valence-corrected chi connectivity index (χ0v) is 14.3. The molecule has 0 aliphatic carbocycles. The van der Waals surface area contributed by atoms with E-state index in [2.05, 4.69) is 15.6 Å². The van der Waals surface area contributed by atoms with Crippen LogP contribution in [0.4, 0.5) is 10.5 Å². The molecule has 0 atom stereocenters. The molecule has 2 rings (SSSR count). The van der Waals surface area contributed by atoms with Crippen LogP contribution >= 0.6 is 0 Å². The van der Waals surface area contributed by atoms with E-state index < -0.39 is 0 Å². The molecule has 7 heteroatoms. The maximum Gasteiger partial charge on any atom is 0.319 e. The van der Waals surface area contributed by atoms with Crippen LogP contribution in [0.5, 0.6) is 5.75 Å². The molecule has 0 radical (unpaired) electrons. The Morgan fingerprint density at radius 1 is 1.29 bits per heavy atom. The Bertz CT molecular complexity index is 799. The number of hydrogen-bond donors (Lipinski definition) is 2. The summed E-state index contributed by atoms with van der Waals surface area (Å²) in [4.78, 5) is 28.2. The van der Waals surface area contributed by atoms with Crippen molar-refractivity contribution in [1.82, 2.24) is 14.9 Å². The lowest BCUT2D eigenvalue weighted by molar-refractivity contribution is 0.251. The fourth-order valence-corrected chi connectivity index (χ4v) is 2.21. The van der Waals surface area contributed by atoms with Gasteiger partial charge in [-0.1, -0.05) is 6.07 Å². The number of rotatable bonds is 5. The second-order valence-electron chi connectivity index (χ2n) is 5.54. The molecule has 0 unspecified atom stereocenters. The molecule has 0 bridgehead atoms. The predicted molar refractivity (Wildman–Crippen MR) is 92.7 cm³/mol. The van der Waals surface area contributed by atoms with Crippen LogP contribution in [-0.4, -0.2) is 29.2 Å². The van der Waals surface area contributed by atoms with Crippen molar-refractivity contribution in [1.29, 1.82) is 0 Å². The van der Waals surface area contributed by atoms with Gasteiger partial charge in [-0.2, -0.15) is 0 Å². The summed E-state index contributed by atoms with van der Waals surface area (Å²) in [7, 11) is 1.55. The van der Waals surface area contributed by atoms with Crippen molar-refractivity contribution in [2.45, 2.75) is 27.3 Å². The van der Waals surface area contributed by atoms with Crippen molar-refractivity contribution >= 4 is 11.7 Å². The number of anilines is 1. The Labute approximate surface area is 140 Å². The first-order chi connectivity index (χ1) is 11.4. The molecule has 2 amide bonds. The summed E-state index contributed by atoms with van der Waals surface area (Å²) in [5.74, 6) is 0.588. The average molecular weight is 330 g/mol. The Morgan fingerprint density at radius 3 is 2.75 bits per heavy atom. The number of aryl methyl sites for hydroxylation is 2. The van der Waals surface area contributed by atoms with Crippen molar-refractivity contribution in [2.24, 2.45) is 0 Å². The third-order valence-electron chi connectivity index (χ3n) is 3.76. The monoisotopic (exact) mass is 330 g/mol. The molecule has 128 valence electrons. The van der Waals surface area contributed by atoms with Gasteiger partial charge in [0.25, 0.3) is 5.56 Å². The third-order valence-corrected chi connectivity index (χ3v) is 3.76. The van der Waals surface area contributed by atoms with Gasteiger partial charge in [-0.25, -0.2) is 9.78 Å². The molecule has 0 aliphatic rings. The molecule has 24 heavy (non-hydrogen) atoms. The number of hydrogen-bond acceptors (Lipinski definition) is 4. The highest BCUT2D eigenvalue weighted by molar-refractivity contribution is 5.91. The van der Waals surface area contributed by atoms with E-state index >= 15 is 0 Å². The van der Waals surface area contributed by atoms with Crippen LogP contribution < -0.4 is 20.9 Å². The second kappa shape index (κ2) is 7.63. The Hall–Kier alpha value is -2.83. The van der Waals surface area contributed by atoms with Gasteiger partial charge in [-0.15, -0.1) is 0 Å². The van der Waals surface area contributed by atoms with Gasteiger partial charge in [-0.05, 0) is 38.5 Å². The van der Waals surface area contributed by atoms with E-state index in [4.69, 9.17) is 4.74 Å². The molecule has 0 saturated carbocycles. The molecule has 0 aliphatic heterocycles. The molecule has 0 fully saturated rings. The summed E-state index contributed by atoms with van der Waals surface area (Å²) in [6.07, 6.45) is 1.49. The highest BCUT2D eigenvalue weighted by atomic mass is 16.5. The zero-order valence-electron chi connectivity index (χ0n) is 14.3. The van der Waals surface area contributed by atoms with Crippen molar-refractivity contribution in [2.75, 3.05) is 19.0 Å². The van der Waals surface area contributed by atoms with Crippen LogP contribution in [0, 0.1) is 20.8 Å². The predicted octanol–water partition coefficient (Wildman–Crippen LogP) is 2.00. The largest absolute Gasteiger partial charge is 0.495 e. The SMILES string of the molecule is COc1ccc(C)cc1NC(=O)NCCn1cnc(C)c(C)c1=O. The summed E-state index contributed by atoms with van der Waals surface area (Å²) >= 11 is 0. The number of ether oxygens (including phenoxy) is 1. The van der Waals surface area contributed by atoms with Gasteiger partial charge >= 0.3 is 6.03 Å². The third kappa shape index (κ3) is 4.13. The Morgan fingerprint density at radius 2 is 2.04 bits per heavy atom. The number of aromatic nitrogens is 2. The number of amides is 2. The van der Waals surface area contributed by atoms with Gasteiger partial charge in [0.15, 0.2) is 0 Å². The molecule has 0 spiro atoms. The molecule has 1 aromatic carbocycles. The molecular weight excluding hydrogens is 308 g/mol. The topological polar surface area (TPSA) is 85.2 Å². The molecule has 2 aromatic rings. The van der Waals surface area contributed by atoms with Crippen LogP contribution in [0.3, 0.4) is 0 Å². The minimum atomic E-state index is -0.358. The first-order valence-corrected chi connectivity index (χ1v) is 7.64. The Balaban J connectivity index is 1.94. The number of carbonyl (C=O) groups excluding carboxylic acids is 1. The number of urea groups is 1. The molecule has 1 aromatic heterocycles. The molecule has 1 heterocycles. The normalized spacial score (nSPS) is 10.3. The van der Waals surface area contributed by atoms with E-state index in [1.807, 2.05) is 19.1 Å². The van der Waals surface area contributed by atoms with Crippen LogP contribution in [0.2, 0.25) is 0 Å². The van der Waals surface area contributed by atoms with Gasteiger partial charge in [0.2, 0.25) is 0 Å². The second-order valence-corrected chi connectivity index (χ2v) is 5.54. The molecule has 0 saturated heterocycles. The summed E-state index contributed by atoms with van der Waals surface area (Å²) in [5, 5.41) is 5.46. The fraction of sp³-hybridized carbons (Fsp3) is 0.353. The van der Waals surface area contributed by atoms with E-state index in [1.54, 1.807) is 27.0 Å². The van der Waals surface area contributed by atoms with E-state index in [9.17, 15) is 9.59 Å². The summed E-state index contributed by atoms with van der Waals surface area (Å²) in [5.41, 5.74) is 2.85. The standard InChI is InChI=1S/C17H22N4O3/c1-11-5-6-15(24-4)14(9-11)20-17(23)18-7-8-21-10-19-13(3)12(2)16(21)22/h5-6,9-10H,7-8H2,1-4H3,(H2,18,20,23). The summed E-state index contributed by atoms with van der Waals surface area (Å²) in [6.45, 7) is 6.13. The van der Waals surface area contributed by atoms with Crippen molar-refractivity contribution in [3.05, 3.63) is 51.7 Å². The first kappa shape index (κ1) is 17.5. The minimum Gasteiger partial charge on any atom is -0.495 e. The fourth-order valence-electron chi connectivity index (χ4n) is 2.21. The molecule has 7 nitrogen and oxygen atoms in total. The highest BCUT2D eigenvalue weighted by Crippen LogP contribution is 2.24. The van der Waals surface area contributed by atoms with E-state index in [1.165, 1.54) is 10.9 Å². The average Bonchev–Trinajstić information content (AvgIpc) is 2.55. The van der Waals surface area contributed by atoms with Crippen LogP contribution in [0.15, 0.2) is 29.3 Å². The maximum absolute atomic E-state index is 12.1. The Kier molecular flexibility index (Phi) is 5.57. The quantitative estimate of drug-likeness (QED) is 0.878. The summed E-state index contributed by atoms with van der Waals surface area (Å²) < 4.78 is 6.70. The van der Waals surface area contributed by atoms with E-state index in [0.717, 1.165) is 5.56 Å². The van der Waals surface area contributed by atoms with Crippen LogP contribution in [-0.2, 0) is 6.54 Å². The van der Waals surface area contributed by atoms with Gasteiger partial charge in [0.1, 0.15) is 5.75 Å². The lowest BCUT2D eigenvalue weighted by Gasteiger charge is -2.12. The lowest BCUT2D eigenvalue weighted by Crippen LogP contribution is -2.34. The van der Waals surface area contributed by atoms with Crippen molar-refractivity contribution < 1.29 is 9.53 Å². The van der Waals surface area contributed by atoms with Crippen molar-refractivity contribution in [3.63, 3.8) is 0 Å².